The summed E-state index contributed by atoms with van der Waals surface area (Å²) >= 11 is 0. The largest absolute Gasteiger partial charge is 0.357 e. The van der Waals surface area contributed by atoms with Crippen LogP contribution in [0.5, 0.6) is 0 Å². The van der Waals surface area contributed by atoms with E-state index in [-0.39, 0.29) is 25.0 Å². The van der Waals surface area contributed by atoms with E-state index in [1.807, 2.05) is 0 Å². The topological polar surface area (TPSA) is 67.4 Å². The molecule has 1 saturated heterocycles. The molecular weight excluding hydrogens is 148 g/mol. The van der Waals surface area contributed by atoms with Crippen molar-refractivity contribution in [3.8, 4) is 0 Å². The molecule has 0 aromatic carbocycles. The summed E-state index contributed by atoms with van der Waals surface area (Å²) in [4.78, 5) is 21.4. The summed E-state index contributed by atoms with van der Waals surface area (Å²) in [5, 5.41) is 4.96. The maximum atomic E-state index is 10.9. The first-order chi connectivity index (χ1) is 5.24. The zero-order valence-electron chi connectivity index (χ0n) is 6.22. The highest BCUT2D eigenvalue weighted by Gasteiger charge is 2.23. The summed E-state index contributed by atoms with van der Waals surface area (Å²) in [6.45, 7) is 0.233. The van der Waals surface area contributed by atoms with Crippen LogP contribution in [0.15, 0.2) is 0 Å². The lowest BCUT2D eigenvalue weighted by atomic mass is 10.3. The predicted octanol–water partition coefficient (Wildman–Crippen LogP) is -1.75. The van der Waals surface area contributed by atoms with Crippen molar-refractivity contribution in [3.05, 3.63) is 0 Å². The third kappa shape index (κ3) is 1.91. The molecule has 0 aromatic heterocycles. The number of hydrogen-bond donors (Lipinski definition) is 2. The van der Waals surface area contributed by atoms with E-state index in [4.69, 9.17) is 4.74 Å². The van der Waals surface area contributed by atoms with Crippen LogP contribution < -0.4 is 10.6 Å². The van der Waals surface area contributed by atoms with Gasteiger partial charge in [-0.15, -0.1) is 0 Å². The Hall–Kier alpha value is -1.10. The third-order valence-electron chi connectivity index (χ3n) is 1.44. The molecule has 2 amide bonds. The zero-order chi connectivity index (χ0) is 8.27. The molecule has 0 aliphatic carbocycles. The number of carbonyl (C=O) groups excluding carboxylic acids is 2. The second-order valence-corrected chi connectivity index (χ2v) is 2.22. The quantitative estimate of drug-likeness (QED) is 0.475. The number of hydrogen-bond acceptors (Lipinski definition) is 3. The van der Waals surface area contributed by atoms with Crippen molar-refractivity contribution >= 4 is 11.8 Å². The molecule has 62 valence electrons. The third-order valence-corrected chi connectivity index (χ3v) is 1.44. The Labute approximate surface area is 64.1 Å². The summed E-state index contributed by atoms with van der Waals surface area (Å²) in [5.41, 5.74) is 0. The van der Waals surface area contributed by atoms with Crippen LogP contribution in [-0.4, -0.2) is 38.1 Å². The van der Waals surface area contributed by atoms with E-state index < -0.39 is 6.10 Å². The van der Waals surface area contributed by atoms with Crippen LogP contribution in [0, 0.1) is 0 Å². The highest BCUT2D eigenvalue weighted by molar-refractivity contribution is 5.84. The standard InChI is InChI=1S/C6H10N2O3/c1-7-6(10)4-2-8-5(9)3-11-4/h4H,2-3H2,1H3,(H,7,10)(H,8,9). The van der Waals surface area contributed by atoms with Gasteiger partial charge in [0.2, 0.25) is 5.91 Å². The Morgan fingerprint density at radius 3 is 3.00 bits per heavy atom. The molecule has 1 rings (SSSR count). The van der Waals surface area contributed by atoms with Gasteiger partial charge in [0.15, 0.2) is 6.10 Å². The van der Waals surface area contributed by atoms with E-state index in [0.717, 1.165) is 0 Å². The molecule has 2 N–H and O–H groups in total. The van der Waals surface area contributed by atoms with Gasteiger partial charge in [0.25, 0.3) is 5.91 Å². The lowest BCUT2D eigenvalue weighted by Crippen LogP contribution is -2.49. The fraction of sp³-hybridized carbons (Fsp3) is 0.667. The minimum atomic E-state index is -0.530. The summed E-state index contributed by atoms with van der Waals surface area (Å²) < 4.78 is 4.92. The summed E-state index contributed by atoms with van der Waals surface area (Å²) in [6.07, 6.45) is -0.530. The highest BCUT2D eigenvalue weighted by Crippen LogP contribution is 1.95. The van der Waals surface area contributed by atoms with Crippen LogP contribution in [0.3, 0.4) is 0 Å². The van der Waals surface area contributed by atoms with E-state index in [9.17, 15) is 9.59 Å². The van der Waals surface area contributed by atoms with Crippen LogP contribution in [0.2, 0.25) is 0 Å². The van der Waals surface area contributed by atoms with Crippen LogP contribution in [0.4, 0.5) is 0 Å². The van der Waals surface area contributed by atoms with E-state index >= 15 is 0 Å². The first-order valence-corrected chi connectivity index (χ1v) is 3.34. The minimum absolute atomic E-state index is 0.0297. The van der Waals surface area contributed by atoms with Crippen molar-refractivity contribution in [1.29, 1.82) is 0 Å². The average Bonchev–Trinajstić information content (AvgIpc) is 2.05. The van der Waals surface area contributed by atoms with Crippen molar-refractivity contribution in [2.75, 3.05) is 20.2 Å². The van der Waals surface area contributed by atoms with Gasteiger partial charge in [0, 0.05) is 7.05 Å². The van der Waals surface area contributed by atoms with Gasteiger partial charge in [0.05, 0.1) is 6.54 Å². The molecule has 5 nitrogen and oxygen atoms in total. The van der Waals surface area contributed by atoms with Gasteiger partial charge in [-0.2, -0.15) is 0 Å². The Morgan fingerprint density at radius 1 is 1.82 bits per heavy atom. The number of likely N-dealkylation sites (N-methyl/N-ethyl adjacent to an activating group) is 1. The molecule has 5 heteroatoms. The van der Waals surface area contributed by atoms with Crippen molar-refractivity contribution in [3.63, 3.8) is 0 Å². The Morgan fingerprint density at radius 2 is 2.55 bits per heavy atom. The number of ether oxygens (including phenoxy) is 1. The fourth-order valence-electron chi connectivity index (χ4n) is 0.822. The second-order valence-electron chi connectivity index (χ2n) is 2.22. The summed E-state index contributed by atoms with van der Waals surface area (Å²) in [6, 6.07) is 0. The molecule has 1 aliphatic heterocycles. The van der Waals surface area contributed by atoms with Gasteiger partial charge in [-0.05, 0) is 0 Å². The lowest BCUT2D eigenvalue weighted by molar-refractivity contribution is -0.143. The van der Waals surface area contributed by atoms with E-state index in [2.05, 4.69) is 10.6 Å². The lowest BCUT2D eigenvalue weighted by Gasteiger charge is -2.21. The molecule has 0 radical (unpaired) electrons. The van der Waals surface area contributed by atoms with Gasteiger partial charge in [-0.3, -0.25) is 9.59 Å². The van der Waals surface area contributed by atoms with Crippen LogP contribution in [0.1, 0.15) is 0 Å². The molecule has 11 heavy (non-hydrogen) atoms. The number of nitrogens with one attached hydrogen (secondary N) is 2. The first-order valence-electron chi connectivity index (χ1n) is 3.34. The fourth-order valence-corrected chi connectivity index (χ4v) is 0.822. The molecule has 0 bridgehead atoms. The smallest absolute Gasteiger partial charge is 0.250 e. The molecule has 1 fully saturated rings. The van der Waals surface area contributed by atoms with Crippen molar-refractivity contribution in [2.45, 2.75) is 6.10 Å². The molecule has 1 heterocycles. The van der Waals surface area contributed by atoms with Gasteiger partial charge < -0.3 is 15.4 Å². The van der Waals surface area contributed by atoms with E-state index in [1.165, 1.54) is 7.05 Å². The zero-order valence-corrected chi connectivity index (χ0v) is 6.22. The molecule has 1 unspecified atom stereocenters. The van der Waals surface area contributed by atoms with Crippen LogP contribution in [0.25, 0.3) is 0 Å². The van der Waals surface area contributed by atoms with Gasteiger partial charge >= 0.3 is 0 Å². The molecule has 0 aromatic rings. The van der Waals surface area contributed by atoms with Crippen molar-refractivity contribution in [1.82, 2.24) is 10.6 Å². The first kappa shape index (κ1) is 8.00. The average molecular weight is 158 g/mol. The Kier molecular flexibility index (Phi) is 2.43. The highest BCUT2D eigenvalue weighted by atomic mass is 16.5. The van der Waals surface area contributed by atoms with Gasteiger partial charge in [0.1, 0.15) is 6.61 Å². The maximum Gasteiger partial charge on any atom is 0.250 e. The monoisotopic (exact) mass is 158 g/mol. The minimum Gasteiger partial charge on any atom is -0.357 e. The van der Waals surface area contributed by atoms with Crippen LogP contribution in [-0.2, 0) is 14.3 Å². The SMILES string of the molecule is CNC(=O)C1CNC(=O)CO1. The normalized spacial score (nSPS) is 24.1. The molecular formula is C6H10N2O3. The van der Waals surface area contributed by atoms with Gasteiger partial charge in [-0.25, -0.2) is 0 Å². The molecule has 0 spiro atoms. The molecule has 1 atom stereocenters. The number of carbonyl (C=O) groups is 2. The van der Waals surface area contributed by atoms with Crippen LogP contribution >= 0.6 is 0 Å². The predicted molar refractivity (Wildman–Crippen MR) is 36.8 cm³/mol. The molecule has 0 saturated carbocycles. The number of amides is 2. The van der Waals surface area contributed by atoms with Crippen molar-refractivity contribution < 1.29 is 14.3 Å². The van der Waals surface area contributed by atoms with E-state index in [0.29, 0.717) is 0 Å². The summed E-state index contributed by atoms with van der Waals surface area (Å²) in [7, 11) is 1.53. The van der Waals surface area contributed by atoms with E-state index in [1.54, 1.807) is 0 Å². The number of rotatable bonds is 1. The van der Waals surface area contributed by atoms with Gasteiger partial charge in [-0.1, -0.05) is 0 Å². The Balaban J connectivity index is 2.39. The molecule has 1 aliphatic rings. The number of morpholine rings is 1. The maximum absolute atomic E-state index is 10.9. The Bertz CT molecular complexity index is 171. The van der Waals surface area contributed by atoms with Crippen molar-refractivity contribution in [2.24, 2.45) is 0 Å². The summed E-state index contributed by atoms with van der Waals surface area (Å²) in [5.74, 6) is -0.379. The second kappa shape index (κ2) is 3.34.